The first-order valence-electron chi connectivity index (χ1n) is 9.83. The molecular formula is C22H16F7N3O3. The summed E-state index contributed by atoms with van der Waals surface area (Å²) < 4.78 is 94.6. The van der Waals surface area contributed by atoms with Gasteiger partial charge in [-0.2, -0.15) is 31.4 Å². The van der Waals surface area contributed by atoms with Crippen LogP contribution in [0.5, 0.6) is 0 Å². The molecule has 2 aromatic carbocycles. The highest BCUT2D eigenvalue weighted by Crippen LogP contribution is 2.38. The molecule has 0 saturated carbocycles. The Kier molecular flexibility index (Phi) is 7.01. The van der Waals surface area contributed by atoms with Crippen LogP contribution in [0.1, 0.15) is 28.4 Å². The summed E-state index contributed by atoms with van der Waals surface area (Å²) in [7, 11) is 0. The summed E-state index contributed by atoms with van der Waals surface area (Å²) in [5.74, 6) is -2.78. The first-order valence-corrected chi connectivity index (χ1v) is 9.83. The fourth-order valence-electron chi connectivity index (χ4n) is 3.17. The number of aromatic nitrogens is 2. The van der Waals surface area contributed by atoms with Gasteiger partial charge in [0.2, 0.25) is 0 Å². The summed E-state index contributed by atoms with van der Waals surface area (Å²) in [6, 6.07) is 5.79. The van der Waals surface area contributed by atoms with E-state index in [4.69, 9.17) is 0 Å². The van der Waals surface area contributed by atoms with Gasteiger partial charge in [0.1, 0.15) is 11.5 Å². The first kappa shape index (κ1) is 25.9. The average molecular weight is 503 g/mol. The highest BCUT2D eigenvalue weighted by molar-refractivity contribution is 6.06. The summed E-state index contributed by atoms with van der Waals surface area (Å²) in [5, 5.41) is 15.4. The molecule has 0 spiro atoms. The van der Waals surface area contributed by atoms with Gasteiger partial charge >= 0.3 is 12.4 Å². The minimum Gasteiger partial charge on any atom is -0.391 e. The lowest BCUT2D eigenvalue weighted by molar-refractivity contribution is -0.138. The summed E-state index contributed by atoms with van der Waals surface area (Å²) in [5.41, 5.74) is -6.26. The number of hydrogen-bond donors (Lipinski definition) is 2. The number of aliphatic hydroxyl groups is 1. The number of halogens is 7. The van der Waals surface area contributed by atoms with Crippen molar-refractivity contribution in [3.8, 4) is 11.3 Å². The Morgan fingerprint density at radius 1 is 1.06 bits per heavy atom. The van der Waals surface area contributed by atoms with Gasteiger partial charge in [0, 0.05) is 11.6 Å². The SMILES string of the molecule is C[C@@H](O)Cn1nc(-c2ccccc2C(F)(F)F)c(NC(=O)c2cc(C(F)(F)F)ccc2F)cc1=O. The Morgan fingerprint density at radius 3 is 2.31 bits per heavy atom. The van der Waals surface area contributed by atoms with Gasteiger partial charge in [0.05, 0.1) is 35.0 Å². The number of rotatable bonds is 5. The molecule has 0 radical (unpaired) electrons. The molecule has 13 heteroatoms. The minimum atomic E-state index is -4.90. The van der Waals surface area contributed by atoms with Crippen LogP contribution in [0.2, 0.25) is 0 Å². The van der Waals surface area contributed by atoms with Crippen molar-refractivity contribution in [2.75, 3.05) is 5.32 Å². The molecule has 0 fully saturated rings. The Labute approximate surface area is 192 Å². The van der Waals surface area contributed by atoms with Gasteiger partial charge in [-0.3, -0.25) is 9.59 Å². The number of nitrogens with zero attached hydrogens (tertiary/aromatic N) is 2. The van der Waals surface area contributed by atoms with Crippen molar-refractivity contribution in [1.29, 1.82) is 0 Å². The normalized spacial score (nSPS) is 12.9. The predicted molar refractivity (Wildman–Crippen MR) is 110 cm³/mol. The van der Waals surface area contributed by atoms with E-state index in [0.29, 0.717) is 22.9 Å². The van der Waals surface area contributed by atoms with E-state index in [0.717, 1.165) is 18.2 Å². The molecule has 35 heavy (non-hydrogen) atoms. The molecule has 0 bridgehead atoms. The molecule has 0 saturated heterocycles. The lowest BCUT2D eigenvalue weighted by atomic mass is 10.0. The Hall–Kier alpha value is -3.74. The first-order chi connectivity index (χ1) is 16.2. The van der Waals surface area contributed by atoms with Crippen LogP contribution in [0.25, 0.3) is 11.3 Å². The lowest BCUT2D eigenvalue weighted by Gasteiger charge is -2.17. The zero-order chi connectivity index (χ0) is 26.1. The van der Waals surface area contributed by atoms with E-state index >= 15 is 0 Å². The Morgan fingerprint density at radius 2 is 1.71 bits per heavy atom. The molecule has 1 aromatic heterocycles. The van der Waals surface area contributed by atoms with Gasteiger partial charge in [0.25, 0.3) is 11.5 Å². The Bertz CT molecular complexity index is 1310. The highest BCUT2D eigenvalue weighted by atomic mass is 19.4. The third-order valence-electron chi connectivity index (χ3n) is 4.71. The maximum Gasteiger partial charge on any atom is 0.417 e. The van der Waals surface area contributed by atoms with Crippen molar-refractivity contribution < 1.29 is 40.6 Å². The number of anilines is 1. The van der Waals surface area contributed by atoms with Crippen molar-refractivity contribution in [2.45, 2.75) is 31.9 Å². The predicted octanol–water partition coefficient (Wildman–Crippen LogP) is 4.72. The van der Waals surface area contributed by atoms with Gasteiger partial charge < -0.3 is 10.4 Å². The van der Waals surface area contributed by atoms with Crippen molar-refractivity contribution in [1.82, 2.24) is 9.78 Å². The number of alkyl halides is 6. The highest BCUT2D eigenvalue weighted by Gasteiger charge is 2.35. The van der Waals surface area contributed by atoms with E-state index in [-0.39, 0.29) is 6.07 Å². The quantitative estimate of drug-likeness (QED) is 0.494. The van der Waals surface area contributed by atoms with E-state index in [1.165, 1.54) is 13.0 Å². The fraction of sp³-hybridized carbons (Fsp3) is 0.227. The average Bonchev–Trinajstić information content (AvgIpc) is 2.74. The summed E-state index contributed by atoms with van der Waals surface area (Å²) >= 11 is 0. The molecule has 6 nitrogen and oxygen atoms in total. The topological polar surface area (TPSA) is 84.2 Å². The van der Waals surface area contributed by atoms with Gasteiger partial charge in [-0.15, -0.1) is 0 Å². The van der Waals surface area contributed by atoms with Crippen LogP contribution in [0, 0.1) is 5.82 Å². The van der Waals surface area contributed by atoms with Crippen LogP contribution in [0.3, 0.4) is 0 Å². The smallest absolute Gasteiger partial charge is 0.391 e. The fourth-order valence-corrected chi connectivity index (χ4v) is 3.17. The Balaban J connectivity index is 2.18. The molecular weight excluding hydrogens is 487 g/mol. The molecule has 1 atom stereocenters. The maximum atomic E-state index is 14.2. The zero-order valence-corrected chi connectivity index (χ0v) is 17.7. The second-order valence-electron chi connectivity index (χ2n) is 7.47. The van der Waals surface area contributed by atoms with Gasteiger partial charge in [-0.05, 0) is 31.2 Å². The number of amides is 1. The van der Waals surface area contributed by atoms with Crippen molar-refractivity contribution in [3.05, 3.63) is 81.4 Å². The number of nitrogens with one attached hydrogen (secondary N) is 1. The van der Waals surface area contributed by atoms with E-state index < -0.39 is 75.9 Å². The van der Waals surface area contributed by atoms with Crippen molar-refractivity contribution >= 4 is 11.6 Å². The standard InChI is InChI=1S/C22H16F7N3O3/c1-11(33)10-32-18(34)9-17(19(31-32)13-4-2-3-5-15(13)22(27,28)29)30-20(35)14-8-12(21(24,25)26)6-7-16(14)23/h2-9,11,33H,10H2,1H3,(H,30,35)/t11-/m1/s1. The monoisotopic (exact) mass is 503 g/mol. The number of benzene rings is 2. The number of hydrogen-bond acceptors (Lipinski definition) is 4. The van der Waals surface area contributed by atoms with Crippen LogP contribution in [-0.2, 0) is 18.9 Å². The van der Waals surface area contributed by atoms with E-state index in [2.05, 4.69) is 5.10 Å². The largest absolute Gasteiger partial charge is 0.417 e. The van der Waals surface area contributed by atoms with Gasteiger partial charge in [-0.25, -0.2) is 9.07 Å². The third kappa shape index (κ3) is 5.85. The summed E-state index contributed by atoms with van der Waals surface area (Å²) in [4.78, 5) is 25.0. The van der Waals surface area contributed by atoms with Crippen molar-refractivity contribution in [2.24, 2.45) is 0 Å². The molecule has 1 heterocycles. The molecule has 0 unspecified atom stereocenters. The van der Waals surface area contributed by atoms with Crippen LogP contribution in [0.4, 0.5) is 36.4 Å². The number of aliphatic hydroxyl groups excluding tert-OH is 1. The molecule has 1 amide bonds. The molecule has 0 aliphatic carbocycles. The van der Waals surface area contributed by atoms with Gasteiger partial charge in [0.15, 0.2) is 0 Å². The molecule has 2 N–H and O–H groups in total. The molecule has 0 aliphatic rings. The third-order valence-corrected chi connectivity index (χ3v) is 4.71. The molecule has 186 valence electrons. The number of carbonyl (C=O) groups is 1. The van der Waals surface area contributed by atoms with E-state index in [1.54, 1.807) is 0 Å². The minimum absolute atomic E-state index is 0.232. The number of carbonyl (C=O) groups excluding carboxylic acids is 1. The zero-order valence-electron chi connectivity index (χ0n) is 17.7. The molecule has 0 aliphatic heterocycles. The molecule has 3 aromatic rings. The van der Waals surface area contributed by atoms with Crippen LogP contribution in [-0.4, -0.2) is 26.9 Å². The van der Waals surface area contributed by atoms with E-state index in [9.17, 15) is 45.4 Å². The van der Waals surface area contributed by atoms with Crippen LogP contribution in [0.15, 0.2) is 53.3 Å². The second kappa shape index (κ2) is 9.49. The molecule has 3 rings (SSSR count). The van der Waals surface area contributed by atoms with E-state index in [1.807, 2.05) is 5.32 Å². The maximum absolute atomic E-state index is 14.2. The van der Waals surface area contributed by atoms with Gasteiger partial charge in [-0.1, -0.05) is 18.2 Å². The van der Waals surface area contributed by atoms with Crippen LogP contribution >= 0.6 is 0 Å². The lowest BCUT2D eigenvalue weighted by Crippen LogP contribution is -2.29. The summed E-state index contributed by atoms with van der Waals surface area (Å²) in [6.45, 7) is 0.889. The van der Waals surface area contributed by atoms with Crippen LogP contribution < -0.4 is 10.9 Å². The summed E-state index contributed by atoms with van der Waals surface area (Å²) in [6.07, 6.45) is -10.9. The van der Waals surface area contributed by atoms with Crippen molar-refractivity contribution in [3.63, 3.8) is 0 Å². The second-order valence-corrected chi connectivity index (χ2v) is 7.47.